The van der Waals surface area contributed by atoms with Crippen molar-refractivity contribution in [3.63, 3.8) is 0 Å². The molecule has 162 valence electrons. The minimum atomic E-state index is -4.57. The third-order valence-corrected chi connectivity index (χ3v) is 5.62. The van der Waals surface area contributed by atoms with Gasteiger partial charge in [0.15, 0.2) is 0 Å². The molecule has 1 unspecified atom stereocenters. The van der Waals surface area contributed by atoms with Crippen molar-refractivity contribution in [3.05, 3.63) is 59.2 Å². The highest BCUT2D eigenvalue weighted by Crippen LogP contribution is 2.37. The highest BCUT2D eigenvalue weighted by molar-refractivity contribution is 6.23. The SMILES string of the molecule is CC(C(=O)Nc1cc(C(F)(F)F)ccc1N1CCCC1)N1C(=O)c2ccccc2C1=O. The van der Waals surface area contributed by atoms with Crippen LogP contribution >= 0.6 is 0 Å². The van der Waals surface area contributed by atoms with Gasteiger partial charge < -0.3 is 10.2 Å². The van der Waals surface area contributed by atoms with E-state index < -0.39 is 35.5 Å². The zero-order valence-corrected chi connectivity index (χ0v) is 16.7. The molecule has 1 N–H and O–H groups in total. The Morgan fingerprint density at radius 2 is 1.58 bits per heavy atom. The number of imide groups is 1. The van der Waals surface area contributed by atoms with Gasteiger partial charge in [-0.2, -0.15) is 13.2 Å². The number of hydrogen-bond acceptors (Lipinski definition) is 4. The Kier molecular flexibility index (Phi) is 5.20. The lowest BCUT2D eigenvalue weighted by Gasteiger charge is -2.25. The summed E-state index contributed by atoms with van der Waals surface area (Å²) >= 11 is 0. The second-order valence-electron chi connectivity index (χ2n) is 7.61. The van der Waals surface area contributed by atoms with Crippen LogP contribution in [0, 0.1) is 0 Å². The zero-order valence-electron chi connectivity index (χ0n) is 16.7. The van der Waals surface area contributed by atoms with Crippen molar-refractivity contribution in [3.8, 4) is 0 Å². The number of alkyl halides is 3. The minimum Gasteiger partial charge on any atom is -0.370 e. The van der Waals surface area contributed by atoms with Crippen LogP contribution in [0.2, 0.25) is 0 Å². The predicted octanol–water partition coefficient (Wildman–Crippen LogP) is 3.93. The first kappa shape index (κ1) is 20.9. The van der Waals surface area contributed by atoms with Crippen molar-refractivity contribution in [2.75, 3.05) is 23.3 Å². The van der Waals surface area contributed by atoms with Crippen molar-refractivity contribution >= 4 is 29.1 Å². The van der Waals surface area contributed by atoms with Crippen molar-refractivity contribution in [1.29, 1.82) is 0 Å². The number of hydrogen-bond donors (Lipinski definition) is 1. The van der Waals surface area contributed by atoms with E-state index in [1.165, 1.54) is 25.1 Å². The molecular weight excluding hydrogens is 411 g/mol. The van der Waals surface area contributed by atoms with Crippen LogP contribution in [0.1, 0.15) is 46.0 Å². The third-order valence-electron chi connectivity index (χ3n) is 5.62. The van der Waals surface area contributed by atoms with Crippen molar-refractivity contribution in [2.45, 2.75) is 32.0 Å². The maximum Gasteiger partial charge on any atom is 0.416 e. The average molecular weight is 431 g/mol. The number of amides is 3. The Labute approximate surface area is 176 Å². The monoisotopic (exact) mass is 431 g/mol. The lowest BCUT2D eigenvalue weighted by molar-refractivity contribution is -0.137. The molecule has 0 saturated carbocycles. The molecule has 0 bridgehead atoms. The van der Waals surface area contributed by atoms with Crippen molar-refractivity contribution in [1.82, 2.24) is 4.90 Å². The molecule has 31 heavy (non-hydrogen) atoms. The molecule has 3 amide bonds. The van der Waals surface area contributed by atoms with Gasteiger partial charge in [-0.1, -0.05) is 12.1 Å². The van der Waals surface area contributed by atoms with E-state index in [0.717, 1.165) is 29.9 Å². The molecule has 2 aromatic carbocycles. The lowest BCUT2D eigenvalue weighted by atomic mass is 10.1. The van der Waals surface area contributed by atoms with Gasteiger partial charge in [0.25, 0.3) is 11.8 Å². The minimum absolute atomic E-state index is 0.00480. The van der Waals surface area contributed by atoms with E-state index in [9.17, 15) is 27.6 Å². The molecular formula is C22H20F3N3O3. The summed E-state index contributed by atoms with van der Waals surface area (Å²) in [5.41, 5.74) is -0.00863. The Morgan fingerprint density at radius 1 is 1.00 bits per heavy atom. The van der Waals surface area contributed by atoms with Gasteiger partial charge in [-0.25, -0.2) is 0 Å². The number of rotatable bonds is 4. The Hall–Kier alpha value is -3.36. The van der Waals surface area contributed by atoms with E-state index >= 15 is 0 Å². The van der Waals surface area contributed by atoms with E-state index in [2.05, 4.69) is 5.32 Å². The van der Waals surface area contributed by atoms with Gasteiger partial charge in [-0.05, 0) is 50.1 Å². The highest BCUT2D eigenvalue weighted by Gasteiger charge is 2.41. The summed E-state index contributed by atoms with van der Waals surface area (Å²) in [5, 5.41) is 2.52. The highest BCUT2D eigenvalue weighted by atomic mass is 19.4. The first-order valence-corrected chi connectivity index (χ1v) is 9.92. The van der Waals surface area contributed by atoms with E-state index in [4.69, 9.17) is 0 Å². The van der Waals surface area contributed by atoms with Crippen LogP contribution in [0.3, 0.4) is 0 Å². The van der Waals surface area contributed by atoms with Crippen LogP contribution in [-0.2, 0) is 11.0 Å². The van der Waals surface area contributed by atoms with Gasteiger partial charge in [0.1, 0.15) is 6.04 Å². The molecule has 2 heterocycles. The number of carbonyl (C=O) groups excluding carboxylic acids is 3. The molecule has 2 aliphatic heterocycles. The summed E-state index contributed by atoms with van der Waals surface area (Å²) in [7, 11) is 0. The van der Waals surface area contributed by atoms with Gasteiger partial charge in [0.2, 0.25) is 5.91 Å². The molecule has 2 aromatic rings. The lowest BCUT2D eigenvalue weighted by Crippen LogP contribution is -2.45. The zero-order chi connectivity index (χ0) is 22.3. The molecule has 6 nitrogen and oxygen atoms in total. The third kappa shape index (κ3) is 3.75. The molecule has 0 aromatic heterocycles. The van der Waals surface area contributed by atoms with Crippen LogP contribution in [0.15, 0.2) is 42.5 Å². The fourth-order valence-electron chi connectivity index (χ4n) is 3.96. The normalized spacial score (nSPS) is 17.2. The molecule has 9 heteroatoms. The summed E-state index contributed by atoms with van der Waals surface area (Å²) in [4.78, 5) is 40.9. The second-order valence-corrected chi connectivity index (χ2v) is 7.61. The molecule has 4 rings (SSSR count). The summed E-state index contributed by atoms with van der Waals surface area (Å²) in [5.74, 6) is -1.95. The number of carbonyl (C=O) groups is 3. The van der Waals surface area contributed by atoms with Gasteiger partial charge in [-0.3, -0.25) is 19.3 Å². The maximum absolute atomic E-state index is 13.2. The van der Waals surface area contributed by atoms with Crippen LogP contribution in [0.4, 0.5) is 24.5 Å². The van der Waals surface area contributed by atoms with Crippen molar-refractivity contribution < 1.29 is 27.6 Å². The number of benzene rings is 2. The van der Waals surface area contributed by atoms with Gasteiger partial charge >= 0.3 is 6.18 Å². The summed E-state index contributed by atoms with van der Waals surface area (Å²) in [6, 6.07) is 8.24. The number of fused-ring (bicyclic) bond motifs is 1. The van der Waals surface area contributed by atoms with Crippen LogP contribution < -0.4 is 10.2 Å². The number of halogens is 3. The fraction of sp³-hybridized carbons (Fsp3) is 0.318. The standard InChI is InChI=1S/C22H20F3N3O3/c1-13(28-20(30)15-6-2-3-7-16(15)21(28)31)19(29)26-17-12-14(22(23,24)25)8-9-18(17)27-10-4-5-11-27/h2-3,6-9,12-13H,4-5,10-11H2,1H3,(H,26,29). The quantitative estimate of drug-likeness (QED) is 0.745. The molecule has 1 atom stereocenters. The summed E-state index contributed by atoms with van der Waals surface area (Å²) < 4.78 is 39.7. The number of nitrogens with zero attached hydrogens (tertiary/aromatic N) is 2. The average Bonchev–Trinajstić information content (AvgIpc) is 3.35. The Morgan fingerprint density at radius 3 is 2.13 bits per heavy atom. The predicted molar refractivity (Wildman–Crippen MR) is 108 cm³/mol. The molecule has 1 fully saturated rings. The van der Waals surface area contributed by atoms with E-state index in [0.29, 0.717) is 18.8 Å². The fourth-order valence-corrected chi connectivity index (χ4v) is 3.96. The largest absolute Gasteiger partial charge is 0.416 e. The molecule has 0 radical (unpaired) electrons. The van der Waals surface area contributed by atoms with Crippen LogP contribution in [-0.4, -0.2) is 41.8 Å². The van der Waals surface area contributed by atoms with E-state index in [1.54, 1.807) is 12.1 Å². The number of nitrogens with one attached hydrogen (secondary N) is 1. The van der Waals surface area contributed by atoms with Crippen molar-refractivity contribution in [2.24, 2.45) is 0 Å². The number of anilines is 2. The smallest absolute Gasteiger partial charge is 0.370 e. The second kappa shape index (κ2) is 7.72. The van der Waals surface area contributed by atoms with E-state index in [1.807, 2.05) is 4.90 Å². The topological polar surface area (TPSA) is 69.7 Å². The molecule has 1 saturated heterocycles. The summed E-state index contributed by atoms with van der Waals surface area (Å²) in [6.07, 6.45) is -2.77. The Balaban J connectivity index is 1.62. The van der Waals surface area contributed by atoms with Crippen LogP contribution in [0.5, 0.6) is 0 Å². The van der Waals surface area contributed by atoms with Gasteiger partial charge in [0.05, 0.1) is 28.1 Å². The molecule has 2 aliphatic rings. The first-order valence-electron chi connectivity index (χ1n) is 9.92. The Bertz CT molecular complexity index is 1030. The van der Waals surface area contributed by atoms with E-state index in [-0.39, 0.29) is 16.8 Å². The molecule has 0 aliphatic carbocycles. The maximum atomic E-state index is 13.2. The molecule has 0 spiro atoms. The first-order chi connectivity index (χ1) is 14.7. The van der Waals surface area contributed by atoms with Gasteiger partial charge in [0, 0.05) is 13.1 Å². The van der Waals surface area contributed by atoms with Gasteiger partial charge in [-0.15, -0.1) is 0 Å². The summed E-state index contributed by atoms with van der Waals surface area (Å²) in [6.45, 7) is 2.71. The van der Waals surface area contributed by atoms with Crippen LogP contribution in [0.25, 0.3) is 0 Å².